The van der Waals surface area contributed by atoms with Gasteiger partial charge in [0.15, 0.2) is 0 Å². The zero-order valence-corrected chi connectivity index (χ0v) is 17.8. The third kappa shape index (κ3) is 6.55. The SMILES string of the molecule is COCCNC(=O)c1ccc(NC(=O)CNc2cccc(NC(=O)C3CC3)c2C)cc1. The second-order valence-electron chi connectivity index (χ2n) is 7.47. The minimum atomic E-state index is -0.218. The van der Waals surface area contributed by atoms with Crippen LogP contribution in [0, 0.1) is 12.8 Å². The lowest BCUT2D eigenvalue weighted by molar-refractivity contribution is -0.117. The highest BCUT2D eigenvalue weighted by Crippen LogP contribution is 2.31. The van der Waals surface area contributed by atoms with Crippen molar-refractivity contribution in [2.24, 2.45) is 5.92 Å². The quantitative estimate of drug-likeness (QED) is 0.439. The summed E-state index contributed by atoms with van der Waals surface area (Å²) in [5, 5.41) is 11.6. The first-order chi connectivity index (χ1) is 15.0. The standard InChI is InChI=1S/C23H28N4O4/c1-15-19(4-3-5-20(15)27-23(30)17-6-7-17)25-14-21(28)26-18-10-8-16(9-11-18)22(29)24-12-13-31-2/h3-5,8-11,17,25H,6-7,12-14H2,1-2H3,(H,24,29)(H,26,28)(H,27,30). The summed E-state index contributed by atoms with van der Waals surface area (Å²) in [7, 11) is 1.57. The number of ether oxygens (including phenoxy) is 1. The molecule has 8 nitrogen and oxygen atoms in total. The van der Waals surface area contributed by atoms with Crippen LogP contribution in [0.1, 0.15) is 28.8 Å². The monoisotopic (exact) mass is 424 g/mol. The molecule has 31 heavy (non-hydrogen) atoms. The van der Waals surface area contributed by atoms with Crippen LogP contribution in [0.3, 0.4) is 0 Å². The molecule has 3 rings (SSSR count). The molecule has 3 amide bonds. The molecule has 0 spiro atoms. The molecule has 1 fully saturated rings. The molecule has 4 N–H and O–H groups in total. The summed E-state index contributed by atoms with van der Waals surface area (Å²) in [6.45, 7) is 2.85. The van der Waals surface area contributed by atoms with E-state index in [1.165, 1.54) is 0 Å². The third-order valence-corrected chi connectivity index (χ3v) is 5.00. The van der Waals surface area contributed by atoms with E-state index in [0.29, 0.717) is 24.4 Å². The number of benzene rings is 2. The maximum atomic E-state index is 12.3. The molecule has 0 aromatic heterocycles. The third-order valence-electron chi connectivity index (χ3n) is 5.00. The van der Waals surface area contributed by atoms with Crippen molar-refractivity contribution >= 4 is 34.8 Å². The number of carbonyl (C=O) groups excluding carboxylic acids is 3. The van der Waals surface area contributed by atoms with Gasteiger partial charge < -0.3 is 26.0 Å². The molecule has 1 saturated carbocycles. The molecule has 0 radical (unpaired) electrons. The van der Waals surface area contributed by atoms with Gasteiger partial charge in [0.05, 0.1) is 13.2 Å². The lowest BCUT2D eigenvalue weighted by atomic mass is 10.1. The summed E-state index contributed by atoms with van der Waals surface area (Å²) in [4.78, 5) is 36.3. The molecule has 1 aliphatic carbocycles. The van der Waals surface area contributed by atoms with E-state index in [-0.39, 0.29) is 30.2 Å². The second-order valence-corrected chi connectivity index (χ2v) is 7.47. The Morgan fingerprint density at radius 3 is 2.39 bits per heavy atom. The van der Waals surface area contributed by atoms with Crippen molar-refractivity contribution in [3.63, 3.8) is 0 Å². The molecule has 2 aromatic carbocycles. The predicted molar refractivity (Wildman–Crippen MR) is 120 cm³/mol. The van der Waals surface area contributed by atoms with Gasteiger partial charge in [-0.25, -0.2) is 0 Å². The smallest absolute Gasteiger partial charge is 0.251 e. The lowest BCUT2D eigenvalue weighted by Crippen LogP contribution is -2.27. The molecule has 1 aliphatic rings. The highest BCUT2D eigenvalue weighted by Gasteiger charge is 2.29. The Labute approximate surface area is 181 Å². The summed E-state index contributed by atoms with van der Waals surface area (Å²) in [5.41, 5.74) is 3.52. The highest BCUT2D eigenvalue weighted by molar-refractivity contribution is 5.97. The van der Waals surface area contributed by atoms with Crippen LogP contribution < -0.4 is 21.3 Å². The summed E-state index contributed by atoms with van der Waals surface area (Å²) >= 11 is 0. The van der Waals surface area contributed by atoms with Crippen molar-refractivity contribution in [3.8, 4) is 0 Å². The zero-order valence-electron chi connectivity index (χ0n) is 17.8. The van der Waals surface area contributed by atoms with E-state index >= 15 is 0 Å². The zero-order chi connectivity index (χ0) is 22.2. The van der Waals surface area contributed by atoms with Gasteiger partial charge in [0.25, 0.3) is 5.91 Å². The first kappa shape index (κ1) is 22.3. The normalized spacial score (nSPS) is 12.7. The van der Waals surface area contributed by atoms with E-state index in [4.69, 9.17) is 4.74 Å². The van der Waals surface area contributed by atoms with E-state index in [1.54, 1.807) is 31.4 Å². The Morgan fingerprint density at radius 2 is 1.71 bits per heavy atom. The fourth-order valence-corrected chi connectivity index (χ4v) is 3.00. The molecule has 0 saturated heterocycles. The summed E-state index contributed by atoms with van der Waals surface area (Å²) in [6, 6.07) is 12.2. The van der Waals surface area contributed by atoms with Crippen LogP contribution in [0.15, 0.2) is 42.5 Å². The van der Waals surface area contributed by atoms with E-state index < -0.39 is 0 Å². The summed E-state index contributed by atoms with van der Waals surface area (Å²) < 4.78 is 4.90. The van der Waals surface area contributed by atoms with Crippen LogP contribution in [-0.2, 0) is 14.3 Å². The number of rotatable bonds is 10. The molecule has 0 heterocycles. The largest absolute Gasteiger partial charge is 0.383 e. The first-order valence-corrected chi connectivity index (χ1v) is 10.3. The minimum Gasteiger partial charge on any atom is -0.383 e. The molecule has 0 atom stereocenters. The maximum absolute atomic E-state index is 12.3. The molecule has 0 unspecified atom stereocenters. The first-order valence-electron chi connectivity index (χ1n) is 10.3. The van der Waals surface area contributed by atoms with Crippen molar-refractivity contribution < 1.29 is 19.1 Å². The van der Waals surface area contributed by atoms with E-state index in [2.05, 4.69) is 21.3 Å². The Bertz CT molecular complexity index is 939. The average Bonchev–Trinajstić information content (AvgIpc) is 3.60. The van der Waals surface area contributed by atoms with Gasteiger partial charge in [-0.2, -0.15) is 0 Å². The van der Waals surface area contributed by atoms with Gasteiger partial charge in [-0.3, -0.25) is 14.4 Å². The highest BCUT2D eigenvalue weighted by atomic mass is 16.5. The van der Waals surface area contributed by atoms with Crippen molar-refractivity contribution in [1.29, 1.82) is 0 Å². The number of nitrogens with one attached hydrogen (secondary N) is 4. The molecular formula is C23H28N4O4. The van der Waals surface area contributed by atoms with E-state index in [9.17, 15) is 14.4 Å². The topological polar surface area (TPSA) is 109 Å². The van der Waals surface area contributed by atoms with Gasteiger partial charge in [-0.15, -0.1) is 0 Å². The van der Waals surface area contributed by atoms with Crippen molar-refractivity contribution in [2.75, 3.05) is 42.8 Å². The predicted octanol–water partition coefficient (Wildman–Crippen LogP) is 2.77. The molecular weight excluding hydrogens is 396 g/mol. The van der Waals surface area contributed by atoms with Crippen LogP contribution >= 0.6 is 0 Å². The summed E-state index contributed by atoms with van der Waals surface area (Å²) in [6.07, 6.45) is 1.89. The number of amides is 3. The number of carbonyl (C=O) groups is 3. The molecule has 164 valence electrons. The van der Waals surface area contributed by atoms with E-state index in [1.807, 2.05) is 25.1 Å². The molecule has 8 heteroatoms. The van der Waals surface area contributed by atoms with Crippen LogP contribution in [0.2, 0.25) is 0 Å². The van der Waals surface area contributed by atoms with Gasteiger partial charge in [-0.05, 0) is 61.7 Å². The van der Waals surface area contributed by atoms with Crippen LogP contribution in [0.4, 0.5) is 17.1 Å². The fourth-order valence-electron chi connectivity index (χ4n) is 3.00. The van der Waals surface area contributed by atoms with Gasteiger partial charge in [-0.1, -0.05) is 6.07 Å². The Hall–Kier alpha value is -3.39. The summed E-state index contributed by atoms with van der Waals surface area (Å²) in [5.74, 6) is -0.233. The number of anilines is 3. The van der Waals surface area contributed by atoms with Crippen LogP contribution in [0.5, 0.6) is 0 Å². The number of hydrogen-bond acceptors (Lipinski definition) is 5. The van der Waals surface area contributed by atoms with Crippen molar-refractivity contribution in [1.82, 2.24) is 5.32 Å². The van der Waals surface area contributed by atoms with Gasteiger partial charge in [0.2, 0.25) is 11.8 Å². The van der Waals surface area contributed by atoms with Gasteiger partial charge >= 0.3 is 0 Å². The minimum absolute atomic E-state index is 0.0498. The average molecular weight is 425 g/mol. The van der Waals surface area contributed by atoms with Crippen LogP contribution in [-0.4, -0.2) is 44.5 Å². The Morgan fingerprint density at radius 1 is 1.00 bits per heavy atom. The number of hydrogen-bond donors (Lipinski definition) is 4. The van der Waals surface area contributed by atoms with E-state index in [0.717, 1.165) is 29.8 Å². The van der Waals surface area contributed by atoms with Crippen LogP contribution in [0.25, 0.3) is 0 Å². The Kier molecular flexibility index (Phi) is 7.61. The molecule has 2 aromatic rings. The number of methoxy groups -OCH3 is 1. The van der Waals surface area contributed by atoms with Crippen molar-refractivity contribution in [3.05, 3.63) is 53.6 Å². The Balaban J connectivity index is 1.50. The second kappa shape index (κ2) is 10.6. The molecule has 0 aliphatic heterocycles. The van der Waals surface area contributed by atoms with Crippen molar-refractivity contribution in [2.45, 2.75) is 19.8 Å². The van der Waals surface area contributed by atoms with Gasteiger partial charge in [0, 0.05) is 42.2 Å². The maximum Gasteiger partial charge on any atom is 0.251 e. The fraction of sp³-hybridized carbons (Fsp3) is 0.348. The van der Waals surface area contributed by atoms with Gasteiger partial charge in [0.1, 0.15) is 0 Å². The lowest BCUT2D eigenvalue weighted by Gasteiger charge is -2.14. The molecule has 0 bridgehead atoms.